The molecule has 5 nitrogen and oxygen atoms in total. The van der Waals surface area contributed by atoms with Crippen molar-refractivity contribution in [2.75, 3.05) is 11.5 Å². The van der Waals surface area contributed by atoms with Crippen molar-refractivity contribution in [3.8, 4) is 0 Å². The predicted molar refractivity (Wildman–Crippen MR) is 61.8 cm³/mol. The van der Waals surface area contributed by atoms with E-state index in [1.165, 1.54) is 19.1 Å². The monoisotopic (exact) mass is 274 g/mol. The zero-order chi connectivity index (χ0) is 13.9. The van der Waals surface area contributed by atoms with E-state index in [2.05, 4.69) is 0 Å². The van der Waals surface area contributed by atoms with E-state index in [4.69, 9.17) is 5.11 Å². The number of carboxylic acids is 1. The maximum absolute atomic E-state index is 13.0. The van der Waals surface area contributed by atoms with Crippen LogP contribution in [0.15, 0.2) is 18.2 Å². The average molecular weight is 274 g/mol. The quantitative estimate of drug-likeness (QED) is 0.803. The Morgan fingerprint density at radius 2 is 1.89 bits per heavy atom. The highest BCUT2D eigenvalue weighted by molar-refractivity contribution is 7.92. The average Bonchev–Trinajstić information content (AvgIpc) is 2.19. The molecule has 1 aromatic rings. The second kappa shape index (κ2) is 5.26. The minimum atomic E-state index is -3.99. The summed E-state index contributed by atoms with van der Waals surface area (Å²) in [4.78, 5) is 21.9. The van der Waals surface area contributed by atoms with Gasteiger partial charge in [0.05, 0.1) is 0 Å². The normalized spacial score (nSPS) is 11.2. The minimum absolute atomic E-state index is 0.0443. The van der Waals surface area contributed by atoms with Crippen molar-refractivity contribution in [3.63, 3.8) is 0 Å². The molecule has 0 saturated carbocycles. The number of carbonyl (C=O) groups is 2. The first-order chi connectivity index (χ1) is 8.21. The van der Waals surface area contributed by atoms with Crippen LogP contribution in [0.4, 0.5) is 4.39 Å². The van der Waals surface area contributed by atoms with Crippen LogP contribution >= 0.6 is 0 Å². The Bertz CT molecular complexity index is 591. The van der Waals surface area contributed by atoms with E-state index in [-0.39, 0.29) is 11.1 Å². The number of hydrogen-bond donors (Lipinski definition) is 1. The van der Waals surface area contributed by atoms with Crippen molar-refractivity contribution in [1.82, 2.24) is 0 Å². The van der Waals surface area contributed by atoms with E-state index in [9.17, 15) is 22.4 Å². The molecule has 0 aliphatic heterocycles. The number of sulfone groups is 1. The van der Waals surface area contributed by atoms with Crippen molar-refractivity contribution in [2.24, 2.45) is 0 Å². The highest BCUT2D eigenvalue weighted by Gasteiger charge is 2.21. The molecule has 0 aliphatic carbocycles. The summed E-state index contributed by atoms with van der Waals surface area (Å²) in [5.41, 5.74) is 0.263. The summed E-state index contributed by atoms with van der Waals surface area (Å²) in [7, 11) is -3.99. The van der Waals surface area contributed by atoms with E-state index in [1.807, 2.05) is 0 Å². The summed E-state index contributed by atoms with van der Waals surface area (Å²) in [5.74, 6) is -4.76. The molecule has 18 heavy (non-hydrogen) atoms. The number of benzene rings is 1. The number of aliphatic carboxylic acids is 1. The third-order valence-electron chi connectivity index (χ3n) is 2.17. The summed E-state index contributed by atoms with van der Waals surface area (Å²) in [6.45, 7) is 1.44. The van der Waals surface area contributed by atoms with Crippen LogP contribution in [0.1, 0.15) is 15.9 Å². The SMILES string of the molecule is Cc1cc(C(=O)CS(=O)(=O)CC(=O)O)ccc1F. The smallest absolute Gasteiger partial charge is 0.318 e. The molecule has 1 aromatic carbocycles. The van der Waals surface area contributed by atoms with Crippen molar-refractivity contribution in [1.29, 1.82) is 0 Å². The summed E-state index contributed by atoms with van der Waals surface area (Å²) >= 11 is 0. The Hall–Kier alpha value is -1.76. The Balaban J connectivity index is 2.89. The van der Waals surface area contributed by atoms with Crippen molar-refractivity contribution >= 4 is 21.6 Å². The first-order valence-corrected chi connectivity index (χ1v) is 6.75. The second-order valence-corrected chi connectivity index (χ2v) is 5.88. The van der Waals surface area contributed by atoms with E-state index >= 15 is 0 Å². The van der Waals surface area contributed by atoms with Gasteiger partial charge in [0.2, 0.25) is 0 Å². The van der Waals surface area contributed by atoms with Crippen molar-refractivity contribution in [3.05, 3.63) is 35.1 Å². The third-order valence-corrected chi connectivity index (χ3v) is 3.56. The van der Waals surface area contributed by atoms with Gasteiger partial charge in [0.1, 0.15) is 17.3 Å². The van der Waals surface area contributed by atoms with Crippen LogP contribution in [-0.4, -0.2) is 36.8 Å². The second-order valence-electron chi connectivity index (χ2n) is 3.81. The third kappa shape index (κ3) is 3.92. The number of ketones is 1. The molecule has 7 heteroatoms. The van der Waals surface area contributed by atoms with Crippen LogP contribution in [-0.2, 0) is 14.6 Å². The van der Waals surface area contributed by atoms with Gasteiger partial charge >= 0.3 is 5.97 Å². The van der Waals surface area contributed by atoms with E-state index in [1.54, 1.807) is 0 Å². The molecule has 0 saturated heterocycles. The van der Waals surface area contributed by atoms with E-state index in [0.717, 1.165) is 6.07 Å². The number of carbonyl (C=O) groups excluding carboxylic acids is 1. The molecule has 0 unspecified atom stereocenters. The van der Waals surface area contributed by atoms with Crippen molar-refractivity contribution < 1.29 is 27.5 Å². The molecule has 0 spiro atoms. The molecule has 1 rings (SSSR count). The molecule has 0 aliphatic rings. The Morgan fingerprint density at radius 3 is 2.39 bits per heavy atom. The maximum Gasteiger partial charge on any atom is 0.318 e. The van der Waals surface area contributed by atoms with Crippen molar-refractivity contribution in [2.45, 2.75) is 6.92 Å². The molecule has 0 aromatic heterocycles. The van der Waals surface area contributed by atoms with Gasteiger partial charge < -0.3 is 5.11 Å². The largest absolute Gasteiger partial charge is 0.480 e. The summed E-state index contributed by atoms with van der Waals surface area (Å²) in [6.07, 6.45) is 0. The van der Waals surface area contributed by atoms with E-state index < -0.39 is 38.9 Å². The molecule has 0 atom stereocenters. The Morgan fingerprint density at radius 1 is 1.28 bits per heavy atom. The summed E-state index contributed by atoms with van der Waals surface area (Å²) in [6, 6.07) is 3.46. The van der Waals surface area contributed by atoms with Crippen LogP contribution in [0.5, 0.6) is 0 Å². The molecular formula is C11H11FO5S. The number of halogens is 1. The van der Waals surface area contributed by atoms with Gasteiger partial charge in [-0.1, -0.05) is 0 Å². The highest BCUT2D eigenvalue weighted by atomic mass is 32.2. The van der Waals surface area contributed by atoms with Crippen LogP contribution in [0.3, 0.4) is 0 Å². The minimum Gasteiger partial charge on any atom is -0.480 e. The number of Topliss-reactive ketones (excluding diaryl/α,β-unsaturated/α-hetero) is 1. The number of rotatable bonds is 5. The summed E-state index contributed by atoms with van der Waals surface area (Å²) < 4.78 is 35.6. The van der Waals surface area contributed by atoms with Gasteiger partial charge in [-0.3, -0.25) is 9.59 Å². The fraction of sp³-hybridized carbons (Fsp3) is 0.273. The lowest BCUT2D eigenvalue weighted by molar-refractivity contribution is -0.134. The fourth-order valence-electron chi connectivity index (χ4n) is 1.34. The van der Waals surface area contributed by atoms with Gasteiger partial charge in [-0.15, -0.1) is 0 Å². The molecule has 1 N–H and O–H groups in total. The lowest BCUT2D eigenvalue weighted by atomic mass is 10.1. The van der Waals surface area contributed by atoms with Gasteiger partial charge in [-0.05, 0) is 30.7 Å². The van der Waals surface area contributed by atoms with Crippen LogP contribution in [0.2, 0.25) is 0 Å². The number of carboxylic acid groups (broad SMARTS) is 1. The fourth-order valence-corrected chi connectivity index (χ4v) is 2.38. The first-order valence-electron chi connectivity index (χ1n) is 4.93. The maximum atomic E-state index is 13.0. The van der Waals surface area contributed by atoms with Crippen LogP contribution < -0.4 is 0 Å². The lowest BCUT2D eigenvalue weighted by Gasteiger charge is -2.03. The molecule has 0 fully saturated rings. The van der Waals surface area contributed by atoms with Gasteiger partial charge in [-0.2, -0.15) is 0 Å². The standard InChI is InChI=1S/C11H11FO5S/c1-7-4-8(2-3-9(7)12)10(13)5-18(16,17)6-11(14)15/h2-4H,5-6H2,1H3,(H,14,15). The zero-order valence-electron chi connectivity index (χ0n) is 9.51. The topological polar surface area (TPSA) is 88.5 Å². The Labute approximate surface area is 103 Å². The molecule has 0 bridgehead atoms. The molecule has 0 heterocycles. The van der Waals surface area contributed by atoms with Gasteiger partial charge in [0.15, 0.2) is 15.6 Å². The number of aryl methyl sites for hydroxylation is 1. The van der Waals surface area contributed by atoms with E-state index in [0.29, 0.717) is 0 Å². The lowest BCUT2D eigenvalue weighted by Crippen LogP contribution is -2.23. The zero-order valence-corrected chi connectivity index (χ0v) is 10.3. The van der Waals surface area contributed by atoms with Gasteiger partial charge in [0, 0.05) is 5.56 Å². The Kier molecular flexibility index (Phi) is 4.18. The molecule has 0 radical (unpaired) electrons. The molecule has 98 valence electrons. The van der Waals surface area contributed by atoms with Gasteiger partial charge in [-0.25, -0.2) is 12.8 Å². The highest BCUT2D eigenvalue weighted by Crippen LogP contribution is 2.10. The van der Waals surface area contributed by atoms with Gasteiger partial charge in [0.25, 0.3) is 0 Å². The predicted octanol–water partition coefficient (Wildman–Crippen LogP) is 0.816. The van der Waals surface area contributed by atoms with Crippen LogP contribution in [0, 0.1) is 12.7 Å². The first kappa shape index (κ1) is 14.3. The number of hydrogen-bond acceptors (Lipinski definition) is 4. The molecule has 0 amide bonds. The molecular weight excluding hydrogens is 263 g/mol. The van der Waals surface area contributed by atoms with Crippen LogP contribution in [0.25, 0.3) is 0 Å². The summed E-state index contributed by atoms with van der Waals surface area (Å²) in [5, 5.41) is 8.37.